The van der Waals surface area contributed by atoms with E-state index in [1.54, 1.807) is 0 Å². The summed E-state index contributed by atoms with van der Waals surface area (Å²) in [6.45, 7) is 14.9. The normalized spacial score (nSPS) is 14.2. The van der Waals surface area contributed by atoms with Gasteiger partial charge in [-0.25, -0.2) is 9.97 Å². The molecule has 0 aromatic carbocycles. The third kappa shape index (κ3) is 3.03. The van der Waals surface area contributed by atoms with Crippen molar-refractivity contribution < 1.29 is 0 Å². The third-order valence-electron chi connectivity index (χ3n) is 2.85. The van der Waals surface area contributed by atoms with Gasteiger partial charge in [0, 0.05) is 11.1 Å². The van der Waals surface area contributed by atoms with Crippen molar-refractivity contribution in [2.24, 2.45) is 5.73 Å². The molecule has 1 aromatic heterocycles. The van der Waals surface area contributed by atoms with Gasteiger partial charge < -0.3 is 5.73 Å². The molecule has 0 saturated carbocycles. The topological polar surface area (TPSA) is 51.8 Å². The molecule has 3 nitrogen and oxygen atoms in total. The molecule has 1 unspecified atom stereocenters. The van der Waals surface area contributed by atoms with Crippen molar-refractivity contribution in [2.75, 3.05) is 0 Å². The highest BCUT2D eigenvalue weighted by molar-refractivity contribution is 5.33. The second kappa shape index (κ2) is 4.73. The van der Waals surface area contributed by atoms with Crippen molar-refractivity contribution in [1.29, 1.82) is 0 Å². The van der Waals surface area contributed by atoms with Gasteiger partial charge >= 0.3 is 0 Å². The van der Waals surface area contributed by atoms with Gasteiger partial charge in [-0.1, -0.05) is 34.6 Å². The first-order valence-electron chi connectivity index (χ1n) is 6.29. The third-order valence-corrected chi connectivity index (χ3v) is 2.85. The van der Waals surface area contributed by atoms with Crippen LogP contribution in [0.1, 0.15) is 76.3 Å². The molecule has 1 heterocycles. The molecule has 1 aromatic rings. The minimum atomic E-state index is -0.115. The first kappa shape index (κ1) is 14.1. The molecular formula is C14H25N3. The van der Waals surface area contributed by atoms with Crippen LogP contribution in [0, 0.1) is 6.92 Å². The van der Waals surface area contributed by atoms with E-state index in [9.17, 15) is 0 Å². The van der Waals surface area contributed by atoms with Crippen molar-refractivity contribution in [3.63, 3.8) is 0 Å². The van der Waals surface area contributed by atoms with Gasteiger partial charge in [-0.15, -0.1) is 0 Å². The van der Waals surface area contributed by atoms with Gasteiger partial charge in [0.05, 0.1) is 11.7 Å². The van der Waals surface area contributed by atoms with E-state index in [1.807, 2.05) is 6.92 Å². The van der Waals surface area contributed by atoms with E-state index in [4.69, 9.17) is 5.73 Å². The zero-order chi connectivity index (χ0) is 13.4. The number of aromatic nitrogens is 2. The van der Waals surface area contributed by atoms with Crippen LogP contribution in [0.15, 0.2) is 0 Å². The lowest BCUT2D eigenvalue weighted by Crippen LogP contribution is -2.23. The Bertz CT molecular complexity index is 401. The van der Waals surface area contributed by atoms with Crippen LogP contribution in [-0.4, -0.2) is 9.97 Å². The lowest BCUT2D eigenvalue weighted by molar-refractivity contribution is 0.539. The summed E-state index contributed by atoms with van der Waals surface area (Å²) in [5.74, 6) is 1.18. The van der Waals surface area contributed by atoms with Crippen LogP contribution in [0.3, 0.4) is 0 Å². The summed E-state index contributed by atoms with van der Waals surface area (Å²) in [6.07, 6.45) is 0. The Morgan fingerprint density at radius 1 is 1.06 bits per heavy atom. The van der Waals surface area contributed by atoms with Crippen molar-refractivity contribution >= 4 is 0 Å². The van der Waals surface area contributed by atoms with E-state index >= 15 is 0 Å². The fraction of sp³-hybridized carbons (Fsp3) is 0.714. The zero-order valence-electron chi connectivity index (χ0n) is 12.1. The summed E-state index contributed by atoms with van der Waals surface area (Å²) in [5, 5.41) is 0. The average molecular weight is 235 g/mol. The summed E-state index contributed by atoms with van der Waals surface area (Å²) in [5.41, 5.74) is 9.38. The lowest BCUT2D eigenvalue weighted by atomic mass is 9.84. The Hall–Kier alpha value is -0.960. The number of hydrogen-bond donors (Lipinski definition) is 1. The van der Waals surface area contributed by atoms with Crippen LogP contribution < -0.4 is 5.73 Å². The Morgan fingerprint density at radius 3 is 1.94 bits per heavy atom. The van der Waals surface area contributed by atoms with Gasteiger partial charge in [-0.3, -0.25) is 0 Å². The van der Waals surface area contributed by atoms with Crippen LogP contribution in [0.5, 0.6) is 0 Å². The number of aryl methyl sites for hydroxylation is 1. The molecule has 0 saturated heterocycles. The highest BCUT2D eigenvalue weighted by atomic mass is 14.9. The number of rotatable bonds is 2. The molecule has 0 aliphatic carbocycles. The molecule has 0 aliphatic rings. The van der Waals surface area contributed by atoms with Crippen LogP contribution in [0.25, 0.3) is 0 Å². The molecule has 0 aliphatic heterocycles. The van der Waals surface area contributed by atoms with Crippen molar-refractivity contribution in [1.82, 2.24) is 9.97 Å². The predicted molar refractivity (Wildman–Crippen MR) is 72.2 cm³/mol. The van der Waals surface area contributed by atoms with E-state index in [0.29, 0.717) is 5.92 Å². The Balaban J connectivity index is 3.51. The molecule has 0 radical (unpaired) electrons. The van der Waals surface area contributed by atoms with Crippen LogP contribution >= 0.6 is 0 Å². The number of nitrogens with zero attached hydrogens (tertiary/aromatic N) is 2. The SMILES string of the molecule is Cc1nc(C(C)N)nc(C(C)(C)C)c1C(C)C. The largest absolute Gasteiger partial charge is 0.322 e. The van der Waals surface area contributed by atoms with Gasteiger partial charge in [0.15, 0.2) is 0 Å². The quantitative estimate of drug-likeness (QED) is 0.856. The van der Waals surface area contributed by atoms with Crippen molar-refractivity contribution in [2.45, 2.75) is 65.8 Å². The maximum Gasteiger partial charge on any atom is 0.145 e. The number of hydrogen-bond acceptors (Lipinski definition) is 3. The lowest BCUT2D eigenvalue weighted by Gasteiger charge is -2.26. The average Bonchev–Trinajstić information content (AvgIpc) is 2.14. The maximum atomic E-state index is 5.90. The molecule has 0 spiro atoms. The molecule has 0 fully saturated rings. The second-order valence-electron chi connectivity index (χ2n) is 6.12. The van der Waals surface area contributed by atoms with E-state index in [0.717, 1.165) is 17.2 Å². The molecule has 1 rings (SSSR count). The second-order valence-corrected chi connectivity index (χ2v) is 6.12. The highest BCUT2D eigenvalue weighted by Gasteiger charge is 2.25. The standard InChI is InChI=1S/C14H25N3/c1-8(2)11-10(4)16-13(9(3)15)17-12(11)14(5,6)7/h8-9H,15H2,1-7H3. The summed E-state index contributed by atoms with van der Waals surface area (Å²) in [4.78, 5) is 9.22. The van der Waals surface area contributed by atoms with E-state index in [2.05, 4.69) is 51.5 Å². The summed E-state index contributed by atoms with van der Waals surface area (Å²) in [7, 11) is 0. The van der Waals surface area contributed by atoms with Crippen LogP contribution in [0.2, 0.25) is 0 Å². The summed E-state index contributed by atoms with van der Waals surface area (Å²) in [6, 6.07) is -0.115. The van der Waals surface area contributed by atoms with Gasteiger partial charge in [-0.05, 0) is 25.3 Å². The van der Waals surface area contributed by atoms with Gasteiger partial charge in [-0.2, -0.15) is 0 Å². The molecular weight excluding hydrogens is 210 g/mol. The van der Waals surface area contributed by atoms with Crippen LogP contribution in [0.4, 0.5) is 0 Å². The Morgan fingerprint density at radius 2 is 1.59 bits per heavy atom. The van der Waals surface area contributed by atoms with Crippen molar-refractivity contribution in [3.8, 4) is 0 Å². The summed E-state index contributed by atoms with van der Waals surface area (Å²) >= 11 is 0. The molecule has 0 bridgehead atoms. The Kier molecular flexibility index (Phi) is 3.92. The van der Waals surface area contributed by atoms with E-state index < -0.39 is 0 Å². The predicted octanol–water partition coefficient (Wildman–Crippen LogP) is 3.23. The fourth-order valence-corrected chi connectivity index (χ4v) is 2.07. The molecule has 2 N–H and O–H groups in total. The zero-order valence-corrected chi connectivity index (χ0v) is 12.1. The maximum absolute atomic E-state index is 5.90. The molecule has 3 heteroatoms. The van der Waals surface area contributed by atoms with E-state index in [1.165, 1.54) is 5.56 Å². The van der Waals surface area contributed by atoms with Gasteiger partial charge in [0.1, 0.15) is 5.82 Å². The van der Waals surface area contributed by atoms with Gasteiger partial charge in [0.2, 0.25) is 0 Å². The monoisotopic (exact) mass is 235 g/mol. The van der Waals surface area contributed by atoms with Crippen LogP contribution in [-0.2, 0) is 5.41 Å². The van der Waals surface area contributed by atoms with E-state index in [-0.39, 0.29) is 11.5 Å². The Labute approximate surface area is 105 Å². The fourth-order valence-electron chi connectivity index (χ4n) is 2.07. The molecule has 0 amide bonds. The minimum absolute atomic E-state index is 0.0247. The van der Waals surface area contributed by atoms with Gasteiger partial charge in [0.25, 0.3) is 0 Å². The molecule has 96 valence electrons. The smallest absolute Gasteiger partial charge is 0.145 e. The first-order valence-corrected chi connectivity index (χ1v) is 6.29. The van der Waals surface area contributed by atoms with Crippen molar-refractivity contribution in [3.05, 3.63) is 22.8 Å². The minimum Gasteiger partial charge on any atom is -0.322 e. The highest BCUT2D eigenvalue weighted by Crippen LogP contribution is 2.31. The molecule has 17 heavy (non-hydrogen) atoms. The number of nitrogens with two attached hydrogens (primary N) is 1. The first-order chi connectivity index (χ1) is 7.64. The molecule has 1 atom stereocenters. The summed E-state index contributed by atoms with van der Waals surface area (Å²) < 4.78 is 0.